The first-order chi connectivity index (χ1) is 8.81. The lowest BCUT2D eigenvalue weighted by molar-refractivity contribution is 0.117. The molecule has 106 valence electrons. The third-order valence-corrected chi connectivity index (χ3v) is 4.62. The Bertz CT molecular complexity index is 225. The summed E-state index contributed by atoms with van der Waals surface area (Å²) in [6, 6.07) is 1.55. The van der Waals surface area contributed by atoms with Gasteiger partial charge in [-0.25, -0.2) is 0 Å². The van der Waals surface area contributed by atoms with Crippen molar-refractivity contribution in [1.29, 1.82) is 0 Å². The molecular weight excluding hydrogens is 220 g/mol. The standard InChI is InChI=1S/C16H32N2/c1-3-4-5-6-7-8-11-18-13-14(2)17-12-16(18)15-9-10-15/h14-17H,3-13H2,1-2H3. The molecule has 0 radical (unpaired) electrons. The van der Waals surface area contributed by atoms with Crippen molar-refractivity contribution in [2.75, 3.05) is 19.6 Å². The number of nitrogens with zero attached hydrogens (tertiary/aromatic N) is 1. The first-order valence-corrected chi connectivity index (χ1v) is 8.28. The Balaban J connectivity index is 1.62. The minimum atomic E-state index is 0.695. The number of hydrogen-bond acceptors (Lipinski definition) is 2. The molecule has 0 aromatic rings. The summed E-state index contributed by atoms with van der Waals surface area (Å²) in [7, 11) is 0. The fourth-order valence-corrected chi connectivity index (χ4v) is 3.30. The topological polar surface area (TPSA) is 15.3 Å². The highest BCUT2D eigenvalue weighted by Crippen LogP contribution is 2.36. The second kappa shape index (κ2) is 7.49. The third-order valence-electron chi connectivity index (χ3n) is 4.62. The molecule has 0 amide bonds. The van der Waals surface area contributed by atoms with E-state index in [-0.39, 0.29) is 0 Å². The van der Waals surface area contributed by atoms with Crippen molar-refractivity contribution in [3.05, 3.63) is 0 Å². The van der Waals surface area contributed by atoms with Crippen LogP contribution in [0.1, 0.15) is 65.2 Å². The average Bonchev–Trinajstić information content (AvgIpc) is 3.18. The molecule has 0 aromatic carbocycles. The molecule has 2 heteroatoms. The Hall–Kier alpha value is -0.0800. The summed E-state index contributed by atoms with van der Waals surface area (Å²) in [6.07, 6.45) is 11.5. The van der Waals surface area contributed by atoms with Crippen LogP contribution < -0.4 is 5.32 Å². The van der Waals surface area contributed by atoms with Gasteiger partial charge in [0.15, 0.2) is 0 Å². The second-order valence-corrected chi connectivity index (χ2v) is 6.48. The summed E-state index contributed by atoms with van der Waals surface area (Å²) in [6.45, 7) is 8.48. The predicted molar refractivity (Wildman–Crippen MR) is 78.9 cm³/mol. The smallest absolute Gasteiger partial charge is 0.0249 e. The largest absolute Gasteiger partial charge is 0.311 e. The molecule has 18 heavy (non-hydrogen) atoms. The minimum Gasteiger partial charge on any atom is -0.311 e. The van der Waals surface area contributed by atoms with Crippen LogP contribution in [0, 0.1) is 5.92 Å². The van der Waals surface area contributed by atoms with Crippen molar-refractivity contribution in [3.8, 4) is 0 Å². The van der Waals surface area contributed by atoms with E-state index in [0.29, 0.717) is 6.04 Å². The molecule has 2 nitrogen and oxygen atoms in total. The number of piperazine rings is 1. The Labute approximate surface area is 114 Å². The molecule has 0 bridgehead atoms. The highest BCUT2D eigenvalue weighted by molar-refractivity contribution is 4.94. The van der Waals surface area contributed by atoms with Crippen molar-refractivity contribution < 1.29 is 0 Å². The van der Waals surface area contributed by atoms with E-state index in [1.54, 1.807) is 0 Å². The molecule has 2 fully saturated rings. The van der Waals surface area contributed by atoms with Gasteiger partial charge in [-0.1, -0.05) is 39.0 Å². The summed E-state index contributed by atoms with van der Waals surface area (Å²) in [5.41, 5.74) is 0. The highest BCUT2D eigenvalue weighted by Gasteiger charge is 2.37. The maximum absolute atomic E-state index is 3.66. The third kappa shape index (κ3) is 4.55. The Morgan fingerprint density at radius 1 is 1.06 bits per heavy atom. The molecule has 1 aliphatic heterocycles. The van der Waals surface area contributed by atoms with Crippen molar-refractivity contribution in [1.82, 2.24) is 10.2 Å². The van der Waals surface area contributed by atoms with E-state index in [1.165, 1.54) is 71.0 Å². The van der Waals surface area contributed by atoms with Crippen LogP contribution in [0.25, 0.3) is 0 Å². The fraction of sp³-hybridized carbons (Fsp3) is 1.00. The van der Waals surface area contributed by atoms with Gasteiger partial charge >= 0.3 is 0 Å². The van der Waals surface area contributed by atoms with Gasteiger partial charge < -0.3 is 5.32 Å². The van der Waals surface area contributed by atoms with Crippen molar-refractivity contribution in [2.45, 2.75) is 77.3 Å². The summed E-state index contributed by atoms with van der Waals surface area (Å²) in [5, 5.41) is 3.66. The van der Waals surface area contributed by atoms with Crippen LogP contribution in [0.5, 0.6) is 0 Å². The van der Waals surface area contributed by atoms with Crippen LogP contribution in [0.3, 0.4) is 0 Å². The summed E-state index contributed by atoms with van der Waals surface area (Å²) >= 11 is 0. The lowest BCUT2D eigenvalue weighted by Crippen LogP contribution is -2.56. The number of rotatable bonds is 8. The number of hydrogen-bond donors (Lipinski definition) is 1. The van der Waals surface area contributed by atoms with Crippen molar-refractivity contribution >= 4 is 0 Å². The van der Waals surface area contributed by atoms with Gasteiger partial charge in [0.2, 0.25) is 0 Å². The molecule has 1 N–H and O–H groups in total. The van der Waals surface area contributed by atoms with Crippen molar-refractivity contribution in [2.24, 2.45) is 5.92 Å². The Kier molecular flexibility index (Phi) is 5.97. The Morgan fingerprint density at radius 2 is 1.78 bits per heavy atom. The van der Waals surface area contributed by atoms with Crippen LogP contribution in [0.4, 0.5) is 0 Å². The zero-order valence-electron chi connectivity index (χ0n) is 12.5. The van der Waals surface area contributed by atoms with Gasteiger partial charge in [0, 0.05) is 25.2 Å². The summed E-state index contributed by atoms with van der Waals surface area (Å²) in [5.74, 6) is 1.02. The lowest BCUT2D eigenvalue weighted by Gasteiger charge is -2.39. The van der Waals surface area contributed by atoms with E-state index in [0.717, 1.165) is 12.0 Å². The summed E-state index contributed by atoms with van der Waals surface area (Å²) < 4.78 is 0. The molecule has 2 aliphatic rings. The van der Waals surface area contributed by atoms with E-state index in [4.69, 9.17) is 0 Å². The van der Waals surface area contributed by atoms with Gasteiger partial charge in [0.25, 0.3) is 0 Å². The molecule has 1 saturated carbocycles. The molecule has 2 rings (SSSR count). The fourth-order valence-electron chi connectivity index (χ4n) is 3.30. The average molecular weight is 252 g/mol. The summed E-state index contributed by atoms with van der Waals surface area (Å²) in [4.78, 5) is 2.79. The van der Waals surface area contributed by atoms with Gasteiger partial charge in [-0.3, -0.25) is 4.90 Å². The minimum absolute atomic E-state index is 0.695. The first-order valence-electron chi connectivity index (χ1n) is 8.28. The molecule has 1 aliphatic carbocycles. The molecule has 0 aromatic heterocycles. The van der Waals surface area contributed by atoms with Crippen LogP contribution in [0.2, 0.25) is 0 Å². The predicted octanol–water partition coefficient (Wildman–Crippen LogP) is 3.42. The molecule has 2 unspecified atom stereocenters. The van der Waals surface area contributed by atoms with Crippen LogP contribution in [0.15, 0.2) is 0 Å². The molecule has 1 heterocycles. The van der Waals surface area contributed by atoms with E-state index in [9.17, 15) is 0 Å². The van der Waals surface area contributed by atoms with Crippen LogP contribution in [-0.2, 0) is 0 Å². The van der Waals surface area contributed by atoms with Gasteiger partial charge in [-0.15, -0.1) is 0 Å². The quantitative estimate of drug-likeness (QED) is 0.666. The molecule has 2 atom stereocenters. The van der Waals surface area contributed by atoms with Gasteiger partial charge in [-0.05, 0) is 38.6 Å². The number of unbranched alkanes of at least 4 members (excludes halogenated alkanes) is 5. The monoisotopic (exact) mass is 252 g/mol. The van der Waals surface area contributed by atoms with E-state index in [2.05, 4.69) is 24.1 Å². The highest BCUT2D eigenvalue weighted by atomic mass is 15.2. The maximum Gasteiger partial charge on any atom is 0.0249 e. The molecule has 1 saturated heterocycles. The number of nitrogens with one attached hydrogen (secondary N) is 1. The van der Waals surface area contributed by atoms with E-state index < -0.39 is 0 Å². The first kappa shape index (κ1) is 14.3. The van der Waals surface area contributed by atoms with E-state index in [1.807, 2.05) is 0 Å². The van der Waals surface area contributed by atoms with Gasteiger partial charge in [0.05, 0.1) is 0 Å². The maximum atomic E-state index is 3.66. The van der Waals surface area contributed by atoms with Crippen LogP contribution >= 0.6 is 0 Å². The van der Waals surface area contributed by atoms with Gasteiger partial charge in [0.1, 0.15) is 0 Å². The molecular formula is C16H32N2. The normalized spacial score (nSPS) is 29.7. The molecule has 0 spiro atoms. The zero-order chi connectivity index (χ0) is 12.8. The zero-order valence-corrected chi connectivity index (χ0v) is 12.5. The van der Waals surface area contributed by atoms with E-state index >= 15 is 0 Å². The van der Waals surface area contributed by atoms with Crippen molar-refractivity contribution in [3.63, 3.8) is 0 Å². The van der Waals surface area contributed by atoms with Crippen LogP contribution in [-0.4, -0.2) is 36.6 Å². The van der Waals surface area contributed by atoms with Gasteiger partial charge in [-0.2, -0.15) is 0 Å². The Morgan fingerprint density at radius 3 is 2.50 bits per heavy atom. The lowest BCUT2D eigenvalue weighted by atomic mass is 10.0. The SMILES string of the molecule is CCCCCCCCN1CC(C)NCC1C1CC1. The second-order valence-electron chi connectivity index (χ2n) is 6.48.